The maximum Gasteiger partial charge on any atom is 0.326 e. The van der Waals surface area contributed by atoms with Crippen LogP contribution in [0.4, 0.5) is 4.79 Å². The third-order valence-electron chi connectivity index (χ3n) is 2.85. The van der Waals surface area contributed by atoms with Gasteiger partial charge in [0.25, 0.3) is 0 Å². The van der Waals surface area contributed by atoms with Gasteiger partial charge in [0.05, 0.1) is 0 Å². The summed E-state index contributed by atoms with van der Waals surface area (Å²) in [6.45, 7) is 7.23. The summed E-state index contributed by atoms with van der Waals surface area (Å²) < 4.78 is 0. The fourth-order valence-electron chi connectivity index (χ4n) is 1.83. The van der Waals surface area contributed by atoms with Crippen molar-refractivity contribution in [1.29, 1.82) is 0 Å². The molecule has 0 spiro atoms. The number of carboxylic acid groups (broad SMARTS) is 1. The van der Waals surface area contributed by atoms with E-state index in [1.807, 2.05) is 24.4 Å². The van der Waals surface area contributed by atoms with Gasteiger partial charge < -0.3 is 15.7 Å². The molecule has 2 atom stereocenters. The molecule has 0 saturated carbocycles. The van der Waals surface area contributed by atoms with Crippen LogP contribution in [0.15, 0.2) is 17.5 Å². The summed E-state index contributed by atoms with van der Waals surface area (Å²) in [7, 11) is 0. The minimum atomic E-state index is -1.03. The fourth-order valence-corrected chi connectivity index (χ4v) is 2.66. The predicted octanol–water partition coefficient (Wildman–Crippen LogP) is 2.48. The summed E-state index contributed by atoms with van der Waals surface area (Å²) in [4.78, 5) is 24.2. The van der Waals surface area contributed by atoms with Gasteiger partial charge in [-0.15, -0.1) is 11.3 Å². The summed E-state index contributed by atoms with van der Waals surface area (Å²) in [5.74, 6) is -1.03. The normalized spacial score (nSPS) is 14.4. The fraction of sp³-hybridized carbons (Fsp3) is 0.571. The van der Waals surface area contributed by atoms with Crippen LogP contribution in [-0.4, -0.2) is 29.2 Å². The highest BCUT2D eigenvalue weighted by atomic mass is 32.1. The minimum Gasteiger partial charge on any atom is -0.480 e. The van der Waals surface area contributed by atoms with Crippen molar-refractivity contribution in [3.63, 3.8) is 0 Å². The lowest BCUT2D eigenvalue weighted by Gasteiger charge is -2.28. The molecule has 1 unspecified atom stereocenters. The first-order valence-electron chi connectivity index (χ1n) is 6.52. The van der Waals surface area contributed by atoms with Gasteiger partial charge in [-0.1, -0.05) is 26.8 Å². The minimum absolute atomic E-state index is 0.0527. The van der Waals surface area contributed by atoms with Crippen LogP contribution in [0, 0.1) is 5.41 Å². The van der Waals surface area contributed by atoms with E-state index in [0.29, 0.717) is 0 Å². The first-order chi connectivity index (χ1) is 9.20. The Morgan fingerprint density at radius 2 is 2.00 bits per heavy atom. The van der Waals surface area contributed by atoms with Crippen molar-refractivity contribution in [2.24, 2.45) is 5.41 Å². The number of nitrogens with one attached hydrogen (secondary N) is 2. The van der Waals surface area contributed by atoms with E-state index in [4.69, 9.17) is 5.11 Å². The Morgan fingerprint density at radius 1 is 1.35 bits per heavy atom. The van der Waals surface area contributed by atoms with E-state index in [2.05, 4.69) is 10.6 Å². The molecular formula is C14H22N2O3S. The molecule has 0 aromatic carbocycles. The van der Waals surface area contributed by atoms with Crippen LogP contribution >= 0.6 is 11.3 Å². The van der Waals surface area contributed by atoms with Gasteiger partial charge in [0.15, 0.2) is 0 Å². The van der Waals surface area contributed by atoms with Gasteiger partial charge in [-0.25, -0.2) is 9.59 Å². The molecule has 1 aromatic rings. The zero-order chi connectivity index (χ0) is 15.3. The van der Waals surface area contributed by atoms with E-state index in [0.717, 1.165) is 6.42 Å². The SMILES string of the molecule is CC(Cc1cccs1)NC(=O)N[C@@H](C(=O)O)C(C)(C)C. The monoisotopic (exact) mass is 298 g/mol. The molecule has 6 heteroatoms. The molecule has 0 radical (unpaired) electrons. The van der Waals surface area contributed by atoms with Gasteiger partial charge in [0.1, 0.15) is 6.04 Å². The molecule has 5 nitrogen and oxygen atoms in total. The molecule has 1 heterocycles. The molecule has 20 heavy (non-hydrogen) atoms. The summed E-state index contributed by atoms with van der Waals surface area (Å²) in [6.07, 6.45) is 0.734. The van der Waals surface area contributed by atoms with E-state index >= 15 is 0 Å². The van der Waals surface area contributed by atoms with Crippen molar-refractivity contribution in [3.8, 4) is 0 Å². The van der Waals surface area contributed by atoms with Gasteiger partial charge in [0.2, 0.25) is 0 Å². The lowest BCUT2D eigenvalue weighted by atomic mass is 9.87. The highest BCUT2D eigenvalue weighted by Crippen LogP contribution is 2.19. The average Bonchev–Trinajstić information content (AvgIpc) is 2.76. The number of carboxylic acids is 1. The summed E-state index contributed by atoms with van der Waals surface area (Å²) >= 11 is 1.64. The Labute approximate surface area is 123 Å². The number of urea groups is 1. The molecular weight excluding hydrogens is 276 g/mol. The molecule has 3 N–H and O–H groups in total. The number of rotatable bonds is 5. The van der Waals surface area contributed by atoms with Crippen molar-refractivity contribution < 1.29 is 14.7 Å². The van der Waals surface area contributed by atoms with Gasteiger partial charge in [0, 0.05) is 17.3 Å². The second-order valence-corrected chi connectivity index (χ2v) is 6.97. The summed E-state index contributed by atoms with van der Waals surface area (Å²) in [5.41, 5.74) is -0.542. The van der Waals surface area contributed by atoms with Crippen LogP contribution in [0.2, 0.25) is 0 Å². The van der Waals surface area contributed by atoms with Crippen molar-refractivity contribution in [1.82, 2.24) is 10.6 Å². The van der Waals surface area contributed by atoms with Crippen LogP contribution in [0.3, 0.4) is 0 Å². The molecule has 1 rings (SSSR count). The smallest absolute Gasteiger partial charge is 0.326 e. The molecule has 0 aliphatic carbocycles. The average molecular weight is 298 g/mol. The van der Waals surface area contributed by atoms with Crippen molar-refractivity contribution in [2.45, 2.75) is 46.2 Å². The molecule has 0 aliphatic heterocycles. The van der Waals surface area contributed by atoms with E-state index in [1.165, 1.54) is 4.88 Å². The largest absolute Gasteiger partial charge is 0.480 e. The van der Waals surface area contributed by atoms with Crippen molar-refractivity contribution in [3.05, 3.63) is 22.4 Å². The molecule has 2 amide bonds. The Balaban J connectivity index is 2.51. The second-order valence-electron chi connectivity index (χ2n) is 5.94. The molecule has 112 valence electrons. The number of hydrogen-bond donors (Lipinski definition) is 3. The van der Waals surface area contributed by atoms with Crippen LogP contribution in [0.1, 0.15) is 32.6 Å². The predicted molar refractivity (Wildman–Crippen MR) is 80.0 cm³/mol. The number of hydrogen-bond acceptors (Lipinski definition) is 3. The number of thiophene rings is 1. The van der Waals surface area contributed by atoms with Gasteiger partial charge >= 0.3 is 12.0 Å². The van der Waals surface area contributed by atoms with Crippen molar-refractivity contribution in [2.75, 3.05) is 0 Å². The van der Waals surface area contributed by atoms with Crippen LogP contribution in [-0.2, 0) is 11.2 Å². The Bertz CT molecular complexity index is 451. The third kappa shape index (κ3) is 5.21. The second kappa shape index (κ2) is 6.74. The van der Waals surface area contributed by atoms with E-state index in [1.54, 1.807) is 32.1 Å². The van der Waals surface area contributed by atoms with E-state index in [-0.39, 0.29) is 6.04 Å². The molecule has 0 bridgehead atoms. The van der Waals surface area contributed by atoms with Gasteiger partial charge in [-0.2, -0.15) is 0 Å². The molecule has 1 aromatic heterocycles. The van der Waals surface area contributed by atoms with Crippen molar-refractivity contribution >= 4 is 23.3 Å². The maximum absolute atomic E-state index is 11.9. The molecule has 0 saturated heterocycles. The summed E-state index contributed by atoms with van der Waals surface area (Å²) in [5, 5.41) is 16.4. The van der Waals surface area contributed by atoms with Gasteiger partial charge in [-0.3, -0.25) is 0 Å². The Hall–Kier alpha value is -1.56. The summed E-state index contributed by atoms with van der Waals surface area (Å²) in [6, 6.07) is 2.55. The number of carbonyl (C=O) groups excluding carboxylic acids is 1. The molecule has 0 aliphatic rings. The number of aliphatic carboxylic acids is 1. The third-order valence-corrected chi connectivity index (χ3v) is 3.75. The number of amides is 2. The quantitative estimate of drug-likeness (QED) is 0.781. The first-order valence-corrected chi connectivity index (χ1v) is 7.40. The standard InChI is InChI=1S/C14H22N2O3S/c1-9(8-10-6-5-7-20-10)15-13(19)16-11(12(17)18)14(2,3)4/h5-7,9,11H,8H2,1-4H3,(H,17,18)(H2,15,16,19)/t9?,11-/m0/s1. The van der Waals surface area contributed by atoms with Gasteiger partial charge in [-0.05, 0) is 23.8 Å². The number of carbonyl (C=O) groups is 2. The maximum atomic E-state index is 11.9. The lowest BCUT2D eigenvalue weighted by molar-refractivity contribution is -0.141. The first kappa shape index (κ1) is 16.5. The lowest BCUT2D eigenvalue weighted by Crippen LogP contribution is -2.53. The Morgan fingerprint density at radius 3 is 2.45 bits per heavy atom. The highest BCUT2D eigenvalue weighted by molar-refractivity contribution is 7.09. The van der Waals surface area contributed by atoms with Crippen LogP contribution in [0.5, 0.6) is 0 Å². The zero-order valence-corrected chi connectivity index (χ0v) is 13.1. The van der Waals surface area contributed by atoms with E-state index in [9.17, 15) is 9.59 Å². The highest BCUT2D eigenvalue weighted by Gasteiger charge is 2.32. The van der Waals surface area contributed by atoms with E-state index < -0.39 is 23.5 Å². The molecule has 0 fully saturated rings. The zero-order valence-electron chi connectivity index (χ0n) is 12.3. The van der Waals surface area contributed by atoms with Crippen LogP contribution in [0.25, 0.3) is 0 Å². The topological polar surface area (TPSA) is 78.4 Å². The van der Waals surface area contributed by atoms with Crippen LogP contribution < -0.4 is 10.6 Å². The Kier molecular flexibility index (Phi) is 5.56.